The van der Waals surface area contributed by atoms with E-state index in [0.29, 0.717) is 25.8 Å². The predicted molar refractivity (Wildman–Crippen MR) is 115 cm³/mol. The maximum atomic E-state index is 11.8. The number of unbranched alkanes of at least 4 members (excludes halogenated alkanes) is 3. The number of rotatable bonds is 18. The number of carboxylic acids is 3. The Kier molecular flexibility index (Phi) is 14.0. The van der Waals surface area contributed by atoms with Crippen LogP contribution in [0.5, 0.6) is 0 Å². The van der Waals surface area contributed by atoms with E-state index >= 15 is 0 Å². The van der Waals surface area contributed by atoms with Gasteiger partial charge in [-0.15, -0.1) is 0 Å². The zero-order chi connectivity index (χ0) is 23.2. The molecule has 2 N–H and O–H groups in total. The second-order valence-corrected chi connectivity index (χ2v) is 8.35. The molecular weight excluding hydrogens is 386 g/mol. The molecule has 0 spiro atoms. The van der Waals surface area contributed by atoms with E-state index < -0.39 is 35.7 Å². The minimum Gasteiger partial charge on any atom is -0.550 e. The van der Waals surface area contributed by atoms with Gasteiger partial charge in [0.15, 0.2) is 0 Å². The molecule has 0 aliphatic carbocycles. The predicted octanol–water partition coefficient (Wildman–Crippen LogP) is 2.94. The Balaban J connectivity index is 5.96. The molecule has 0 radical (unpaired) electrons. The average molecular weight is 428 g/mol. The second kappa shape index (κ2) is 15.0. The lowest BCUT2D eigenvalue weighted by atomic mass is 9.96. The monoisotopic (exact) mass is 427 g/mol. The Morgan fingerprint density at radius 1 is 0.800 bits per heavy atom. The Morgan fingerprint density at radius 3 is 1.63 bits per heavy atom. The van der Waals surface area contributed by atoms with Gasteiger partial charge in [-0.3, -0.25) is 9.59 Å². The summed E-state index contributed by atoms with van der Waals surface area (Å²) in [5.74, 6) is -5.11. The van der Waals surface area contributed by atoms with Crippen LogP contribution >= 0.6 is 0 Å². The Bertz CT molecular complexity index is 500. The summed E-state index contributed by atoms with van der Waals surface area (Å²) >= 11 is 0. The standard InChI is InChI=1S/C23H41NO6/c1-5-9-10-11-12-13-14-24(15-18(6-2)21(25)26,16-19(7-3)22(27)28)17-20(8-4)23(29)30/h12-13,18-20H,5-11,14-17H2,1-4H3,(H2-,25,26,27,28,29,30)/b13-12+. The molecule has 0 bridgehead atoms. The maximum Gasteiger partial charge on any atom is 0.312 e. The topological polar surface area (TPSA) is 115 Å². The van der Waals surface area contributed by atoms with Gasteiger partial charge in [-0.2, -0.15) is 0 Å². The lowest BCUT2D eigenvalue weighted by molar-refractivity contribution is -0.929. The van der Waals surface area contributed by atoms with Crippen LogP contribution in [0.25, 0.3) is 0 Å². The third-order valence-electron chi connectivity index (χ3n) is 5.97. The molecule has 30 heavy (non-hydrogen) atoms. The SMILES string of the molecule is CCCCC/C=C/C[N+](CC(CC)C(=O)[O-])(CC(CC)C(=O)O)CC(CC)C(=O)O. The van der Waals surface area contributed by atoms with Gasteiger partial charge < -0.3 is 24.6 Å². The Morgan fingerprint density at radius 2 is 1.27 bits per heavy atom. The fourth-order valence-electron chi connectivity index (χ4n) is 3.91. The number of hydrogen-bond acceptors (Lipinski definition) is 4. The quantitative estimate of drug-likeness (QED) is 0.197. The van der Waals surface area contributed by atoms with E-state index in [9.17, 15) is 29.7 Å². The first-order chi connectivity index (χ1) is 14.2. The molecule has 0 aromatic carbocycles. The number of allylic oxidation sites excluding steroid dienone is 1. The number of nitrogens with zero attached hydrogens (tertiary/aromatic N) is 1. The summed E-state index contributed by atoms with van der Waals surface area (Å²) in [6, 6.07) is 0. The van der Waals surface area contributed by atoms with Gasteiger partial charge in [0.1, 0.15) is 11.8 Å². The van der Waals surface area contributed by atoms with Crippen LogP contribution in [0, 0.1) is 17.8 Å². The van der Waals surface area contributed by atoms with Crippen LogP contribution < -0.4 is 5.11 Å². The molecule has 7 heteroatoms. The van der Waals surface area contributed by atoms with Gasteiger partial charge in [0.25, 0.3) is 0 Å². The van der Waals surface area contributed by atoms with Gasteiger partial charge in [0.05, 0.1) is 32.1 Å². The van der Waals surface area contributed by atoms with Crippen molar-refractivity contribution in [2.75, 3.05) is 26.2 Å². The Hall–Kier alpha value is -1.89. The van der Waals surface area contributed by atoms with Gasteiger partial charge in [-0.1, -0.05) is 46.6 Å². The number of carboxylic acid groups (broad SMARTS) is 3. The number of carbonyl (C=O) groups is 3. The van der Waals surface area contributed by atoms with Crippen molar-refractivity contribution in [3.63, 3.8) is 0 Å². The van der Waals surface area contributed by atoms with E-state index in [4.69, 9.17) is 0 Å². The summed E-state index contributed by atoms with van der Waals surface area (Å²) in [5, 5.41) is 30.9. The van der Waals surface area contributed by atoms with Crippen LogP contribution in [0.4, 0.5) is 0 Å². The van der Waals surface area contributed by atoms with Gasteiger partial charge >= 0.3 is 11.9 Å². The van der Waals surface area contributed by atoms with Crippen molar-refractivity contribution in [1.82, 2.24) is 0 Å². The summed E-state index contributed by atoms with van der Waals surface area (Å²) < 4.78 is 0.131. The molecule has 0 saturated heterocycles. The molecule has 174 valence electrons. The van der Waals surface area contributed by atoms with Crippen molar-refractivity contribution in [1.29, 1.82) is 0 Å². The summed E-state index contributed by atoms with van der Waals surface area (Å²) in [4.78, 5) is 35.2. The van der Waals surface area contributed by atoms with Gasteiger partial charge in [-0.05, 0) is 38.2 Å². The van der Waals surface area contributed by atoms with E-state index in [2.05, 4.69) is 6.92 Å². The van der Waals surface area contributed by atoms with Crippen molar-refractivity contribution in [3.05, 3.63) is 12.2 Å². The van der Waals surface area contributed by atoms with Crippen LogP contribution in [-0.2, 0) is 14.4 Å². The fraction of sp³-hybridized carbons (Fsp3) is 0.783. The molecule has 7 nitrogen and oxygen atoms in total. The molecule has 0 aliphatic rings. The highest BCUT2D eigenvalue weighted by molar-refractivity contribution is 5.70. The highest BCUT2D eigenvalue weighted by Crippen LogP contribution is 2.24. The fourth-order valence-corrected chi connectivity index (χ4v) is 3.91. The summed E-state index contributed by atoms with van der Waals surface area (Å²) in [7, 11) is 0. The first-order valence-corrected chi connectivity index (χ1v) is 11.3. The molecule has 3 unspecified atom stereocenters. The van der Waals surface area contributed by atoms with Gasteiger partial charge in [-0.25, -0.2) is 0 Å². The van der Waals surface area contributed by atoms with Crippen LogP contribution in [0.1, 0.15) is 72.6 Å². The second-order valence-electron chi connectivity index (χ2n) is 8.35. The number of aliphatic carboxylic acids is 3. The van der Waals surface area contributed by atoms with E-state index in [1.54, 1.807) is 20.8 Å². The normalized spacial score (nSPS) is 16.7. The molecule has 3 atom stereocenters. The minimum absolute atomic E-state index is 0.131. The summed E-state index contributed by atoms with van der Waals surface area (Å²) in [5.41, 5.74) is 0. The highest BCUT2D eigenvalue weighted by Gasteiger charge is 2.38. The molecule has 0 aromatic rings. The number of carbonyl (C=O) groups excluding carboxylic acids is 1. The molecule has 0 heterocycles. The van der Waals surface area contributed by atoms with E-state index in [-0.39, 0.29) is 24.1 Å². The molecule has 0 amide bonds. The number of hydrogen-bond donors (Lipinski definition) is 2. The third kappa shape index (κ3) is 10.2. The molecule has 0 rings (SSSR count). The van der Waals surface area contributed by atoms with E-state index in [0.717, 1.165) is 25.7 Å². The van der Waals surface area contributed by atoms with Crippen molar-refractivity contribution in [3.8, 4) is 0 Å². The zero-order valence-corrected chi connectivity index (χ0v) is 19.1. The van der Waals surface area contributed by atoms with Crippen LogP contribution in [0.15, 0.2) is 12.2 Å². The van der Waals surface area contributed by atoms with Crippen LogP contribution in [0.3, 0.4) is 0 Å². The van der Waals surface area contributed by atoms with Crippen LogP contribution in [0.2, 0.25) is 0 Å². The van der Waals surface area contributed by atoms with Crippen LogP contribution in [-0.4, -0.2) is 58.8 Å². The van der Waals surface area contributed by atoms with Gasteiger partial charge in [0.2, 0.25) is 0 Å². The van der Waals surface area contributed by atoms with Gasteiger partial charge in [0, 0.05) is 5.92 Å². The van der Waals surface area contributed by atoms with Crippen molar-refractivity contribution < 1.29 is 34.2 Å². The summed E-state index contributed by atoms with van der Waals surface area (Å²) in [6.07, 6.45) is 9.39. The number of quaternary nitrogens is 1. The minimum atomic E-state index is -1.17. The molecule has 0 saturated carbocycles. The molecule has 0 aliphatic heterocycles. The first-order valence-electron chi connectivity index (χ1n) is 11.3. The lowest BCUT2D eigenvalue weighted by Crippen LogP contribution is -2.59. The largest absolute Gasteiger partial charge is 0.550 e. The summed E-state index contributed by atoms with van der Waals surface area (Å²) in [6.45, 7) is 8.48. The molecular formula is C23H41NO6. The zero-order valence-electron chi connectivity index (χ0n) is 19.1. The van der Waals surface area contributed by atoms with Crippen molar-refractivity contribution >= 4 is 17.9 Å². The maximum absolute atomic E-state index is 11.8. The van der Waals surface area contributed by atoms with E-state index in [1.165, 1.54) is 0 Å². The average Bonchev–Trinajstić information content (AvgIpc) is 2.70. The van der Waals surface area contributed by atoms with E-state index in [1.807, 2.05) is 12.2 Å². The highest BCUT2D eigenvalue weighted by atomic mass is 16.4. The van der Waals surface area contributed by atoms with Crippen molar-refractivity contribution in [2.24, 2.45) is 17.8 Å². The molecule has 0 aromatic heterocycles. The Labute approximate surface area is 181 Å². The van der Waals surface area contributed by atoms with Crippen molar-refractivity contribution in [2.45, 2.75) is 72.6 Å². The third-order valence-corrected chi connectivity index (χ3v) is 5.97. The smallest absolute Gasteiger partial charge is 0.312 e. The lowest BCUT2D eigenvalue weighted by Gasteiger charge is -2.43. The first kappa shape index (κ1) is 28.1. The molecule has 0 fully saturated rings.